The molecule has 0 bridgehead atoms. The molecule has 1 atom stereocenters. The Balaban J connectivity index is 1.54. The molecule has 1 fully saturated rings. The van der Waals surface area contributed by atoms with Crippen LogP contribution in [0.5, 0.6) is 11.5 Å². The second-order valence-electron chi connectivity index (χ2n) is 6.99. The molecule has 6 nitrogen and oxygen atoms in total. The summed E-state index contributed by atoms with van der Waals surface area (Å²) in [6.07, 6.45) is 3.27. The fraction of sp³-hybridized carbons (Fsp3) is 0.350. The highest BCUT2D eigenvalue weighted by Crippen LogP contribution is 2.43. The summed E-state index contributed by atoms with van der Waals surface area (Å²) in [5.74, 6) is 1.60. The van der Waals surface area contributed by atoms with Gasteiger partial charge in [-0.05, 0) is 60.7 Å². The molecule has 27 heavy (non-hydrogen) atoms. The molecule has 142 valence electrons. The molecule has 2 aromatic carbocycles. The molecule has 1 heterocycles. The number of amides is 1. The van der Waals surface area contributed by atoms with Crippen LogP contribution in [0.3, 0.4) is 0 Å². The van der Waals surface area contributed by atoms with Crippen molar-refractivity contribution in [1.29, 1.82) is 0 Å². The highest BCUT2D eigenvalue weighted by atomic mass is 32.2. The lowest BCUT2D eigenvalue weighted by molar-refractivity contribution is 0.0931. The Labute approximate surface area is 158 Å². The Kier molecular flexibility index (Phi) is 4.55. The van der Waals surface area contributed by atoms with Gasteiger partial charge in [0, 0.05) is 11.8 Å². The van der Waals surface area contributed by atoms with E-state index in [1.54, 1.807) is 12.1 Å². The smallest absolute Gasteiger partial charge is 0.251 e. The number of sulfone groups is 1. The van der Waals surface area contributed by atoms with Crippen LogP contribution in [0.2, 0.25) is 0 Å². The minimum atomic E-state index is -3.28. The zero-order valence-corrected chi connectivity index (χ0v) is 15.8. The number of nitrogens with one attached hydrogen (secondary N) is 1. The summed E-state index contributed by atoms with van der Waals surface area (Å²) in [6.45, 7) is 1.06. The van der Waals surface area contributed by atoms with Gasteiger partial charge in [-0.2, -0.15) is 0 Å². The van der Waals surface area contributed by atoms with Crippen LogP contribution in [-0.4, -0.2) is 33.8 Å². The number of carbonyl (C=O) groups is 1. The van der Waals surface area contributed by atoms with E-state index < -0.39 is 9.84 Å². The van der Waals surface area contributed by atoms with Gasteiger partial charge in [0.25, 0.3) is 5.91 Å². The summed E-state index contributed by atoms with van der Waals surface area (Å²) in [5, 5.41) is 3.09. The van der Waals surface area contributed by atoms with E-state index in [1.165, 1.54) is 12.1 Å². The molecular formula is C20H21NO5S. The average molecular weight is 387 g/mol. The maximum absolute atomic E-state index is 12.7. The third kappa shape index (κ3) is 3.93. The van der Waals surface area contributed by atoms with E-state index >= 15 is 0 Å². The third-order valence-corrected chi connectivity index (χ3v) is 5.98. The summed E-state index contributed by atoms with van der Waals surface area (Å²) in [4.78, 5) is 12.9. The van der Waals surface area contributed by atoms with E-state index in [4.69, 9.17) is 9.47 Å². The molecule has 0 radical (unpaired) electrons. The van der Waals surface area contributed by atoms with E-state index in [2.05, 4.69) is 5.32 Å². The van der Waals surface area contributed by atoms with Crippen molar-refractivity contribution < 1.29 is 22.7 Å². The maximum Gasteiger partial charge on any atom is 0.251 e. The van der Waals surface area contributed by atoms with Gasteiger partial charge in [0.2, 0.25) is 0 Å². The van der Waals surface area contributed by atoms with Crippen LogP contribution in [0.15, 0.2) is 47.4 Å². The fourth-order valence-corrected chi connectivity index (χ4v) is 3.86. The lowest BCUT2D eigenvalue weighted by Crippen LogP contribution is -2.30. The van der Waals surface area contributed by atoms with E-state index in [0.717, 1.165) is 30.4 Å². The summed E-state index contributed by atoms with van der Waals surface area (Å²) >= 11 is 0. The molecule has 1 aliphatic heterocycles. The number of hydrogen-bond acceptors (Lipinski definition) is 5. The van der Waals surface area contributed by atoms with Crippen molar-refractivity contribution >= 4 is 15.7 Å². The molecule has 4 rings (SSSR count). The molecule has 2 aliphatic rings. The predicted octanol–water partition coefficient (Wildman–Crippen LogP) is 2.74. The molecule has 1 aliphatic carbocycles. The second kappa shape index (κ2) is 6.88. The lowest BCUT2D eigenvalue weighted by atomic mass is 10.0. The van der Waals surface area contributed by atoms with E-state index in [-0.39, 0.29) is 16.8 Å². The van der Waals surface area contributed by atoms with Crippen molar-refractivity contribution in [3.8, 4) is 11.5 Å². The molecule has 7 heteroatoms. The van der Waals surface area contributed by atoms with Gasteiger partial charge in [-0.3, -0.25) is 4.79 Å². The number of carbonyl (C=O) groups excluding carboxylic acids is 1. The third-order valence-electron chi connectivity index (χ3n) is 4.85. The van der Waals surface area contributed by atoms with Crippen LogP contribution in [-0.2, 0) is 9.84 Å². The molecule has 1 amide bonds. The SMILES string of the molecule is CS(=O)(=O)c1ccc(C(=O)N[C@H](c2ccc3c(c2)OCCO3)C2CC2)cc1. The van der Waals surface area contributed by atoms with Crippen LogP contribution >= 0.6 is 0 Å². The van der Waals surface area contributed by atoms with Gasteiger partial charge in [0.15, 0.2) is 21.3 Å². The molecular weight excluding hydrogens is 366 g/mol. The van der Waals surface area contributed by atoms with Gasteiger partial charge < -0.3 is 14.8 Å². The number of hydrogen-bond donors (Lipinski definition) is 1. The molecule has 0 saturated heterocycles. The first kappa shape index (κ1) is 17.9. The van der Waals surface area contributed by atoms with Gasteiger partial charge in [-0.25, -0.2) is 8.42 Å². The Bertz CT molecular complexity index is 964. The first-order valence-corrected chi connectivity index (χ1v) is 10.8. The fourth-order valence-electron chi connectivity index (χ4n) is 3.23. The number of benzene rings is 2. The van der Waals surface area contributed by atoms with Crippen molar-refractivity contribution in [3.63, 3.8) is 0 Å². The van der Waals surface area contributed by atoms with Crippen molar-refractivity contribution in [1.82, 2.24) is 5.32 Å². The Morgan fingerprint density at radius 1 is 1.04 bits per heavy atom. The Morgan fingerprint density at radius 2 is 1.70 bits per heavy atom. The van der Waals surface area contributed by atoms with E-state index in [9.17, 15) is 13.2 Å². The lowest BCUT2D eigenvalue weighted by Gasteiger charge is -2.23. The summed E-state index contributed by atoms with van der Waals surface area (Å²) in [6, 6.07) is 11.7. The van der Waals surface area contributed by atoms with Crippen molar-refractivity contribution in [2.75, 3.05) is 19.5 Å². The Hall–Kier alpha value is -2.54. The van der Waals surface area contributed by atoms with Crippen LogP contribution in [0.1, 0.15) is 34.8 Å². The largest absolute Gasteiger partial charge is 0.486 e. The van der Waals surface area contributed by atoms with Crippen LogP contribution in [0, 0.1) is 5.92 Å². The quantitative estimate of drug-likeness (QED) is 0.853. The predicted molar refractivity (Wildman–Crippen MR) is 99.9 cm³/mol. The second-order valence-corrected chi connectivity index (χ2v) is 9.00. The van der Waals surface area contributed by atoms with Crippen LogP contribution in [0.25, 0.3) is 0 Å². The number of rotatable bonds is 5. The van der Waals surface area contributed by atoms with Gasteiger partial charge >= 0.3 is 0 Å². The molecule has 0 spiro atoms. The first-order valence-electron chi connectivity index (χ1n) is 8.92. The highest BCUT2D eigenvalue weighted by molar-refractivity contribution is 7.90. The van der Waals surface area contributed by atoms with Crippen LogP contribution in [0.4, 0.5) is 0 Å². The number of ether oxygens (including phenoxy) is 2. The normalized spacial score (nSPS) is 17.2. The average Bonchev–Trinajstić information content (AvgIpc) is 3.50. The summed E-state index contributed by atoms with van der Waals surface area (Å²) in [5.41, 5.74) is 1.42. The minimum Gasteiger partial charge on any atom is -0.486 e. The standard InChI is InChI=1S/C20H21NO5S/c1-27(23,24)16-7-4-14(5-8-16)20(22)21-19(13-2-3-13)15-6-9-17-18(12-15)26-11-10-25-17/h4-9,12-13,19H,2-3,10-11H2,1H3,(H,21,22)/t19-/m0/s1. The van der Waals surface area contributed by atoms with Gasteiger partial charge in [-0.15, -0.1) is 0 Å². The van der Waals surface area contributed by atoms with Crippen molar-refractivity contribution in [2.24, 2.45) is 5.92 Å². The van der Waals surface area contributed by atoms with Crippen molar-refractivity contribution in [2.45, 2.75) is 23.8 Å². The van der Waals surface area contributed by atoms with Crippen molar-refractivity contribution in [3.05, 3.63) is 53.6 Å². The molecule has 0 aromatic heterocycles. The molecule has 1 saturated carbocycles. The van der Waals surface area contributed by atoms with E-state index in [0.29, 0.717) is 30.4 Å². The topological polar surface area (TPSA) is 81.7 Å². The van der Waals surface area contributed by atoms with Gasteiger partial charge in [-0.1, -0.05) is 6.07 Å². The Morgan fingerprint density at radius 3 is 2.33 bits per heavy atom. The summed E-state index contributed by atoms with van der Waals surface area (Å²) in [7, 11) is -3.28. The number of fused-ring (bicyclic) bond motifs is 1. The molecule has 1 N–H and O–H groups in total. The zero-order chi connectivity index (χ0) is 19.0. The van der Waals surface area contributed by atoms with Gasteiger partial charge in [0.05, 0.1) is 10.9 Å². The van der Waals surface area contributed by atoms with E-state index in [1.807, 2.05) is 18.2 Å². The highest BCUT2D eigenvalue weighted by Gasteiger charge is 2.34. The zero-order valence-electron chi connectivity index (χ0n) is 15.0. The molecule has 2 aromatic rings. The minimum absolute atomic E-state index is 0.108. The first-order chi connectivity index (χ1) is 12.9. The maximum atomic E-state index is 12.7. The molecule has 0 unspecified atom stereocenters. The summed E-state index contributed by atoms with van der Waals surface area (Å²) < 4.78 is 34.4. The van der Waals surface area contributed by atoms with Gasteiger partial charge in [0.1, 0.15) is 13.2 Å². The van der Waals surface area contributed by atoms with Crippen LogP contribution < -0.4 is 14.8 Å². The monoisotopic (exact) mass is 387 g/mol.